The highest BCUT2D eigenvalue weighted by molar-refractivity contribution is 8.01. The van der Waals surface area contributed by atoms with Gasteiger partial charge in [-0.2, -0.15) is 0 Å². The zero-order chi connectivity index (χ0) is 24.8. The van der Waals surface area contributed by atoms with E-state index in [0.29, 0.717) is 4.34 Å². The van der Waals surface area contributed by atoms with Crippen LogP contribution in [-0.2, 0) is 4.79 Å². The van der Waals surface area contributed by atoms with Crippen LogP contribution in [0, 0.1) is 24.0 Å². The molecule has 0 unspecified atom stereocenters. The number of anilines is 2. The van der Waals surface area contributed by atoms with Crippen molar-refractivity contribution in [1.82, 2.24) is 10.2 Å². The van der Waals surface area contributed by atoms with Crippen molar-refractivity contribution in [3.05, 3.63) is 57.1 Å². The summed E-state index contributed by atoms with van der Waals surface area (Å²) in [4.78, 5) is 35.7. The number of nitrogens with zero attached hydrogens (tertiary/aromatic N) is 3. The van der Waals surface area contributed by atoms with Crippen molar-refractivity contribution in [2.75, 3.05) is 30.6 Å². The average Bonchev–Trinajstić information content (AvgIpc) is 3.26. The largest absolute Gasteiger partial charge is 0.493 e. The van der Waals surface area contributed by atoms with E-state index in [0.717, 1.165) is 46.0 Å². The molecule has 13 heteroatoms. The SMILES string of the molecule is COc1cc(C(=O)Nc2nnc(SCC(=O)Nc3cc(C)ccc3C)s2)c([N+](=O)[O-])cc1OC. The number of hydrogen-bond donors (Lipinski definition) is 2. The van der Waals surface area contributed by atoms with Gasteiger partial charge in [0.1, 0.15) is 5.56 Å². The Morgan fingerprint density at radius 3 is 2.47 bits per heavy atom. The van der Waals surface area contributed by atoms with E-state index < -0.39 is 16.5 Å². The van der Waals surface area contributed by atoms with Gasteiger partial charge in [0.15, 0.2) is 15.8 Å². The topological polar surface area (TPSA) is 146 Å². The minimum atomic E-state index is -0.756. The molecule has 11 nitrogen and oxygen atoms in total. The summed E-state index contributed by atoms with van der Waals surface area (Å²) in [6.07, 6.45) is 0. The van der Waals surface area contributed by atoms with Crippen molar-refractivity contribution in [2.45, 2.75) is 18.2 Å². The molecule has 1 aromatic heterocycles. The average molecular weight is 504 g/mol. The Morgan fingerprint density at radius 1 is 1.09 bits per heavy atom. The minimum absolute atomic E-state index is 0.0944. The number of carbonyl (C=O) groups excluding carboxylic acids is 2. The summed E-state index contributed by atoms with van der Waals surface area (Å²) >= 11 is 2.20. The molecule has 3 rings (SSSR count). The molecule has 34 heavy (non-hydrogen) atoms. The molecule has 2 N–H and O–H groups in total. The zero-order valence-corrected chi connectivity index (χ0v) is 20.3. The smallest absolute Gasteiger partial charge is 0.286 e. The summed E-state index contributed by atoms with van der Waals surface area (Å²) < 4.78 is 10.6. The Labute approximate surface area is 203 Å². The molecule has 0 fully saturated rings. The third-order valence-electron chi connectivity index (χ3n) is 4.56. The Kier molecular flexibility index (Phi) is 8.02. The number of methoxy groups -OCH3 is 2. The van der Waals surface area contributed by atoms with Crippen molar-refractivity contribution in [1.29, 1.82) is 0 Å². The number of hydrogen-bond acceptors (Lipinski definition) is 10. The van der Waals surface area contributed by atoms with E-state index >= 15 is 0 Å². The highest BCUT2D eigenvalue weighted by Gasteiger charge is 2.25. The highest BCUT2D eigenvalue weighted by Crippen LogP contribution is 2.35. The molecule has 0 bridgehead atoms. The van der Waals surface area contributed by atoms with Gasteiger partial charge in [0, 0.05) is 11.8 Å². The summed E-state index contributed by atoms with van der Waals surface area (Å²) in [5.74, 6) is -0.577. The van der Waals surface area contributed by atoms with Gasteiger partial charge in [-0.25, -0.2) is 0 Å². The van der Waals surface area contributed by atoms with Gasteiger partial charge < -0.3 is 14.8 Å². The molecular formula is C21H21N5O6S2. The van der Waals surface area contributed by atoms with Gasteiger partial charge in [-0.05, 0) is 31.0 Å². The fourth-order valence-corrected chi connectivity index (χ4v) is 4.42. The Morgan fingerprint density at radius 2 is 1.79 bits per heavy atom. The number of aryl methyl sites for hydroxylation is 2. The molecule has 0 atom stereocenters. The zero-order valence-electron chi connectivity index (χ0n) is 18.7. The maximum absolute atomic E-state index is 12.7. The number of nitro groups is 1. The lowest BCUT2D eigenvalue weighted by Gasteiger charge is -2.10. The van der Waals surface area contributed by atoms with Crippen LogP contribution >= 0.6 is 23.1 Å². The van der Waals surface area contributed by atoms with Gasteiger partial charge in [0.05, 0.1) is 31.0 Å². The number of rotatable bonds is 9. The first kappa shape index (κ1) is 24.9. The predicted octanol–water partition coefficient (Wildman–Crippen LogP) is 4.06. The maximum Gasteiger partial charge on any atom is 0.286 e. The first-order valence-corrected chi connectivity index (χ1v) is 11.6. The Balaban J connectivity index is 1.65. The van der Waals surface area contributed by atoms with Gasteiger partial charge in [0.25, 0.3) is 11.6 Å². The van der Waals surface area contributed by atoms with Crippen LogP contribution in [0.5, 0.6) is 11.5 Å². The molecule has 0 saturated carbocycles. The lowest BCUT2D eigenvalue weighted by molar-refractivity contribution is -0.385. The molecule has 0 saturated heterocycles. The fourth-order valence-electron chi connectivity index (χ4n) is 2.87. The van der Waals surface area contributed by atoms with E-state index in [9.17, 15) is 19.7 Å². The summed E-state index contributed by atoms with van der Waals surface area (Å²) in [5.41, 5.74) is 2.06. The van der Waals surface area contributed by atoms with Crippen molar-refractivity contribution in [3.63, 3.8) is 0 Å². The van der Waals surface area contributed by atoms with Crippen LogP contribution < -0.4 is 20.1 Å². The first-order valence-electron chi connectivity index (χ1n) is 9.77. The van der Waals surface area contributed by atoms with E-state index in [2.05, 4.69) is 20.8 Å². The van der Waals surface area contributed by atoms with Gasteiger partial charge in [-0.15, -0.1) is 10.2 Å². The first-order chi connectivity index (χ1) is 16.2. The van der Waals surface area contributed by atoms with Crippen LogP contribution in [-0.4, -0.2) is 46.9 Å². The third-order valence-corrected chi connectivity index (χ3v) is 6.54. The number of amides is 2. The van der Waals surface area contributed by atoms with E-state index in [4.69, 9.17) is 9.47 Å². The minimum Gasteiger partial charge on any atom is -0.493 e. The van der Waals surface area contributed by atoms with E-state index in [1.807, 2.05) is 32.0 Å². The molecule has 1 heterocycles. The molecular weight excluding hydrogens is 482 g/mol. The number of ether oxygens (including phenoxy) is 2. The number of benzene rings is 2. The number of nitro benzene ring substituents is 1. The number of aromatic nitrogens is 2. The second-order valence-electron chi connectivity index (χ2n) is 6.96. The van der Waals surface area contributed by atoms with E-state index in [-0.39, 0.29) is 33.9 Å². The predicted molar refractivity (Wildman–Crippen MR) is 129 cm³/mol. The summed E-state index contributed by atoms with van der Waals surface area (Å²) in [5, 5.41) is 24.7. The van der Waals surface area contributed by atoms with Gasteiger partial charge >= 0.3 is 0 Å². The second kappa shape index (κ2) is 10.9. The number of nitrogens with one attached hydrogen (secondary N) is 2. The lowest BCUT2D eigenvalue weighted by atomic mass is 10.1. The summed E-state index contributed by atoms with van der Waals surface area (Å²) in [6.45, 7) is 3.85. The van der Waals surface area contributed by atoms with Gasteiger partial charge in [-0.3, -0.25) is 25.0 Å². The quantitative estimate of drug-likeness (QED) is 0.191. The van der Waals surface area contributed by atoms with Crippen LogP contribution in [0.15, 0.2) is 34.7 Å². The van der Waals surface area contributed by atoms with Gasteiger partial charge in [-0.1, -0.05) is 35.2 Å². The number of carbonyl (C=O) groups is 2. The van der Waals surface area contributed by atoms with Crippen LogP contribution in [0.4, 0.5) is 16.5 Å². The van der Waals surface area contributed by atoms with E-state index in [1.165, 1.54) is 20.3 Å². The molecule has 2 aromatic carbocycles. The molecule has 0 aliphatic carbocycles. The third kappa shape index (κ3) is 5.99. The highest BCUT2D eigenvalue weighted by atomic mass is 32.2. The lowest BCUT2D eigenvalue weighted by Crippen LogP contribution is -2.14. The van der Waals surface area contributed by atoms with Crippen LogP contribution in [0.2, 0.25) is 0 Å². The molecule has 0 aliphatic rings. The fraction of sp³-hybridized carbons (Fsp3) is 0.238. The van der Waals surface area contributed by atoms with Crippen LogP contribution in [0.25, 0.3) is 0 Å². The number of thioether (sulfide) groups is 1. The molecule has 178 valence electrons. The molecule has 0 spiro atoms. The molecule has 2 amide bonds. The summed E-state index contributed by atoms with van der Waals surface area (Å²) in [7, 11) is 2.69. The van der Waals surface area contributed by atoms with Crippen molar-refractivity contribution in [2.24, 2.45) is 0 Å². The molecule has 0 radical (unpaired) electrons. The van der Waals surface area contributed by atoms with Crippen LogP contribution in [0.3, 0.4) is 0 Å². The van der Waals surface area contributed by atoms with Gasteiger partial charge in [0.2, 0.25) is 11.0 Å². The van der Waals surface area contributed by atoms with Crippen LogP contribution in [0.1, 0.15) is 21.5 Å². The standard InChI is InChI=1S/C21H21N5O6S2/c1-11-5-6-12(2)14(7-11)22-18(27)10-33-21-25-24-20(34-21)23-19(28)13-8-16(31-3)17(32-4)9-15(13)26(29)30/h5-9H,10H2,1-4H3,(H,22,27)(H,23,24,28). The monoisotopic (exact) mass is 503 g/mol. The van der Waals surface area contributed by atoms with Crippen molar-refractivity contribution in [3.8, 4) is 11.5 Å². The summed E-state index contributed by atoms with van der Waals surface area (Å²) in [6, 6.07) is 8.13. The normalized spacial score (nSPS) is 10.5. The second-order valence-corrected chi connectivity index (χ2v) is 9.16. The van der Waals surface area contributed by atoms with E-state index in [1.54, 1.807) is 0 Å². The van der Waals surface area contributed by atoms with Crippen molar-refractivity contribution >= 4 is 51.4 Å². The Bertz CT molecular complexity index is 1250. The van der Waals surface area contributed by atoms with Crippen molar-refractivity contribution < 1.29 is 24.0 Å². The molecule has 0 aliphatic heterocycles. The maximum atomic E-state index is 12.7. The Hall–Kier alpha value is -3.71. The molecule has 3 aromatic rings.